The van der Waals surface area contributed by atoms with E-state index < -0.39 is 5.97 Å². The van der Waals surface area contributed by atoms with Crippen molar-refractivity contribution >= 4 is 28.5 Å². The summed E-state index contributed by atoms with van der Waals surface area (Å²) in [6.45, 7) is 0. The minimum Gasteiger partial charge on any atom is -0.481 e. The van der Waals surface area contributed by atoms with Gasteiger partial charge in [0.15, 0.2) is 5.43 Å². The minimum atomic E-state index is -0.927. The van der Waals surface area contributed by atoms with Crippen LogP contribution in [0.2, 0.25) is 5.02 Å². The normalized spacial score (nSPS) is 10.6. The second-order valence-corrected chi connectivity index (χ2v) is 4.05. The fourth-order valence-corrected chi connectivity index (χ4v) is 1.70. The van der Waals surface area contributed by atoms with Crippen LogP contribution in [0, 0.1) is 0 Å². The van der Waals surface area contributed by atoms with Gasteiger partial charge in [-0.2, -0.15) is 0 Å². The maximum absolute atomic E-state index is 11.7. The van der Waals surface area contributed by atoms with Crippen molar-refractivity contribution in [2.45, 2.75) is 12.8 Å². The van der Waals surface area contributed by atoms with Crippen LogP contribution < -0.4 is 5.43 Å². The molecule has 1 N–H and O–H groups in total. The van der Waals surface area contributed by atoms with E-state index in [1.807, 2.05) is 0 Å². The number of aliphatic carboxylic acids is 1. The van der Waals surface area contributed by atoms with Gasteiger partial charge in [0.1, 0.15) is 11.3 Å². The van der Waals surface area contributed by atoms with Crippen LogP contribution in [0.25, 0.3) is 11.0 Å². The first kappa shape index (κ1) is 11.7. The van der Waals surface area contributed by atoms with Gasteiger partial charge >= 0.3 is 5.97 Å². The molecule has 0 aliphatic rings. The Bertz CT molecular complexity index is 630. The van der Waals surface area contributed by atoms with Gasteiger partial charge in [-0.15, -0.1) is 0 Å². The molecular formula is C12H9ClO4. The lowest BCUT2D eigenvalue weighted by Gasteiger charge is -2.01. The topological polar surface area (TPSA) is 67.5 Å². The van der Waals surface area contributed by atoms with E-state index in [2.05, 4.69) is 0 Å². The number of benzene rings is 1. The number of fused-ring (bicyclic) bond motifs is 1. The molecule has 4 nitrogen and oxygen atoms in total. The molecule has 0 saturated heterocycles. The van der Waals surface area contributed by atoms with Gasteiger partial charge < -0.3 is 9.52 Å². The first-order chi connectivity index (χ1) is 8.06. The number of carboxylic acid groups (broad SMARTS) is 1. The van der Waals surface area contributed by atoms with E-state index in [9.17, 15) is 9.59 Å². The van der Waals surface area contributed by atoms with Crippen LogP contribution in [-0.2, 0) is 11.2 Å². The van der Waals surface area contributed by atoms with Crippen LogP contribution in [0.5, 0.6) is 0 Å². The Hall–Kier alpha value is -1.81. The highest BCUT2D eigenvalue weighted by Gasteiger charge is 2.07. The maximum atomic E-state index is 11.7. The molecule has 0 amide bonds. The summed E-state index contributed by atoms with van der Waals surface area (Å²) < 4.78 is 5.43. The standard InChI is InChI=1S/C12H9ClO4/c13-7-1-3-11-9(5-7)10(14)6-8(17-11)2-4-12(15)16/h1,3,5-6H,2,4H2,(H,15,16). The van der Waals surface area contributed by atoms with Crippen LogP contribution in [0.4, 0.5) is 0 Å². The highest BCUT2D eigenvalue weighted by molar-refractivity contribution is 6.31. The molecule has 0 aliphatic carbocycles. The molecule has 0 spiro atoms. The number of hydrogen-bond acceptors (Lipinski definition) is 3. The number of aryl methyl sites for hydroxylation is 1. The van der Waals surface area contributed by atoms with Crippen molar-refractivity contribution in [2.24, 2.45) is 0 Å². The van der Waals surface area contributed by atoms with Crippen molar-refractivity contribution < 1.29 is 14.3 Å². The van der Waals surface area contributed by atoms with Gasteiger partial charge in [0.05, 0.1) is 11.8 Å². The Morgan fingerprint density at radius 3 is 2.82 bits per heavy atom. The Kier molecular flexibility index (Phi) is 3.15. The van der Waals surface area contributed by atoms with Crippen LogP contribution in [0.3, 0.4) is 0 Å². The lowest BCUT2D eigenvalue weighted by Crippen LogP contribution is -2.04. The smallest absolute Gasteiger partial charge is 0.303 e. The van der Waals surface area contributed by atoms with Crippen molar-refractivity contribution in [3.05, 3.63) is 45.3 Å². The molecule has 0 saturated carbocycles. The van der Waals surface area contributed by atoms with Crippen molar-refractivity contribution in [1.82, 2.24) is 0 Å². The van der Waals surface area contributed by atoms with Gasteiger partial charge in [-0.05, 0) is 18.2 Å². The fourth-order valence-electron chi connectivity index (χ4n) is 1.53. The quantitative estimate of drug-likeness (QED) is 0.911. The van der Waals surface area contributed by atoms with E-state index >= 15 is 0 Å². The van der Waals surface area contributed by atoms with Gasteiger partial charge in [-0.3, -0.25) is 9.59 Å². The number of rotatable bonds is 3. The molecular weight excluding hydrogens is 244 g/mol. The SMILES string of the molecule is O=C(O)CCc1cc(=O)c2cc(Cl)ccc2o1. The van der Waals surface area contributed by atoms with Crippen molar-refractivity contribution in [3.63, 3.8) is 0 Å². The van der Waals surface area contributed by atoms with Crippen LogP contribution >= 0.6 is 11.6 Å². The molecule has 0 aliphatic heterocycles. The molecule has 1 heterocycles. The lowest BCUT2D eigenvalue weighted by molar-refractivity contribution is -0.137. The summed E-state index contributed by atoms with van der Waals surface area (Å²) in [5.74, 6) is -0.559. The number of carboxylic acids is 1. The van der Waals surface area contributed by atoms with E-state index in [-0.39, 0.29) is 18.3 Å². The lowest BCUT2D eigenvalue weighted by atomic mass is 10.2. The van der Waals surface area contributed by atoms with Gasteiger partial charge in [0, 0.05) is 17.5 Å². The first-order valence-electron chi connectivity index (χ1n) is 5.00. The summed E-state index contributed by atoms with van der Waals surface area (Å²) in [5.41, 5.74) is 0.205. The third kappa shape index (κ3) is 2.65. The third-order valence-corrected chi connectivity index (χ3v) is 2.56. The van der Waals surface area contributed by atoms with Crippen molar-refractivity contribution in [1.29, 1.82) is 0 Å². The molecule has 2 aromatic rings. The molecule has 2 rings (SSSR count). The average molecular weight is 253 g/mol. The number of hydrogen-bond donors (Lipinski definition) is 1. The van der Waals surface area contributed by atoms with E-state index in [1.165, 1.54) is 12.1 Å². The molecule has 1 aromatic carbocycles. The average Bonchev–Trinajstić information content (AvgIpc) is 2.27. The van der Waals surface area contributed by atoms with E-state index in [0.717, 1.165) is 0 Å². The first-order valence-corrected chi connectivity index (χ1v) is 5.38. The van der Waals surface area contributed by atoms with Gasteiger partial charge in [0.2, 0.25) is 0 Å². The van der Waals surface area contributed by atoms with Gasteiger partial charge in [-0.25, -0.2) is 0 Å². The summed E-state index contributed by atoms with van der Waals surface area (Å²) in [6, 6.07) is 6.06. The zero-order valence-electron chi connectivity index (χ0n) is 8.77. The molecule has 0 radical (unpaired) electrons. The van der Waals surface area contributed by atoms with Crippen LogP contribution in [0.15, 0.2) is 33.5 Å². The second kappa shape index (κ2) is 4.59. The predicted octanol–water partition coefficient (Wildman–Crippen LogP) is 2.46. The van der Waals surface area contributed by atoms with Crippen molar-refractivity contribution in [2.75, 3.05) is 0 Å². The minimum absolute atomic E-state index is 0.0674. The Morgan fingerprint density at radius 2 is 2.12 bits per heavy atom. The summed E-state index contributed by atoms with van der Waals surface area (Å²) >= 11 is 5.77. The highest BCUT2D eigenvalue weighted by Crippen LogP contribution is 2.18. The molecule has 0 fully saturated rings. The summed E-state index contributed by atoms with van der Waals surface area (Å²) in [6.07, 6.45) is 0.130. The fraction of sp³-hybridized carbons (Fsp3) is 0.167. The Balaban J connectivity index is 2.45. The van der Waals surface area contributed by atoms with E-state index in [1.54, 1.807) is 12.1 Å². The molecule has 0 unspecified atom stereocenters. The summed E-state index contributed by atoms with van der Waals surface area (Å²) in [7, 11) is 0. The van der Waals surface area contributed by atoms with Crippen molar-refractivity contribution in [3.8, 4) is 0 Å². The van der Waals surface area contributed by atoms with Crippen LogP contribution in [0.1, 0.15) is 12.2 Å². The van der Waals surface area contributed by atoms with Crippen LogP contribution in [-0.4, -0.2) is 11.1 Å². The second-order valence-electron chi connectivity index (χ2n) is 3.61. The monoisotopic (exact) mass is 252 g/mol. The Labute approximate surface area is 101 Å². The van der Waals surface area contributed by atoms with Gasteiger partial charge in [-0.1, -0.05) is 11.6 Å². The van der Waals surface area contributed by atoms with Gasteiger partial charge in [0.25, 0.3) is 0 Å². The third-order valence-electron chi connectivity index (χ3n) is 2.33. The maximum Gasteiger partial charge on any atom is 0.303 e. The molecule has 1 aromatic heterocycles. The molecule has 0 bridgehead atoms. The zero-order valence-corrected chi connectivity index (χ0v) is 9.53. The highest BCUT2D eigenvalue weighted by atomic mass is 35.5. The summed E-state index contributed by atoms with van der Waals surface area (Å²) in [5, 5.41) is 9.42. The Morgan fingerprint density at radius 1 is 1.35 bits per heavy atom. The molecule has 88 valence electrons. The van der Waals surface area contributed by atoms with E-state index in [0.29, 0.717) is 21.8 Å². The summed E-state index contributed by atoms with van der Waals surface area (Å²) in [4.78, 5) is 22.2. The predicted molar refractivity (Wildman–Crippen MR) is 63.5 cm³/mol. The number of carbonyl (C=O) groups is 1. The molecule has 17 heavy (non-hydrogen) atoms. The zero-order chi connectivity index (χ0) is 12.4. The largest absolute Gasteiger partial charge is 0.481 e. The molecule has 0 atom stereocenters. The van der Waals surface area contributed by atoms with E-state index in [4.69, 9.17) is 21.1 Å². The number of halogens is 1. The molecule has 5 heteroatoms.